The number of hydrogen-bond acceptors (Lipinski definition) is 20. The second-order valence-corrected chi connectivity index (χ2v) is 19.4. The first-order valence-corrected chi connectivity index (χ1v) is 24.9. The van der Waals surface area contributed by atoms with Gasteiger partial charge in [-0.2, -0.15) is 35.5 Å². The van der Waals surface area contributed by atoms with Gasteiger partial charge in [0.1, 0.15) is 66.9 Å². The maximum absolute atomic E-state index is 12.6. The summed E-state index contributed by atoms with van der Waals surface area (Å²) in [6, 6.07) is 26.7. The average Bonchev–Trinajstić information content (AvgIpc) is 3.33. The van der Waals surface area contributed by atoms with Crippen LogP contribution in [0.5, 0.6) is 28.7 Å². The third kappa shape index (κ3) is 11.7. The van der Waals surface area contributed by atoms with E-state index in [1.807, 2.05) is 30.3 Å². The number of anilines is 2. The van der Waals surface area contributed by atoms with Crippen LogP contribution in [0.4, 0.5) is 56.9 Å². The van der Waals surface area contributed by atoms with Gasteiger partial charge in [-0.05, 0) is 97.1 Å². The Balaban J connectivity index is 1.14. The number of nitrogens with one attached hydrogen (secondary N) is 1. The monoisotopic (exact) mass is 1040 g/mol. The summed E-state index contributed by atoms with van der Waals surface area (Å²) >= 11 is 0. The fourth-order valence-corrected chi connectivity index (χ4v) is 8.71. The Morgan fingerprint density at radius 2 is 0.875 bits per heavy atom. The lowest BCUT2D eigenvalue weighted by Crippen LogP contribution is -2.03. The molecule has 7 aromatic rings. The van der Waals surface area contributed by atoms with Gasteiger partial charge in [0.2, 0.25) is 0 Å². The summed E-state index contributed by atoms with van der Waals surface area (Å²) in [5.74, 6) is 0.112. The molecule has 0 atom stereocenters. The highest BCUT2D eigenvalue weighted by atomic mass is 32.2. The SMILES string of the molecule is COc1cc(N=Nc2ccc(S(=O)(=O)O)cc2S(=O)(=O)O)c(C)cc1N=Nc1cc(OC)c(N=Nc2cc(OC)c(N=Nc3c(S(=O)(=O)O)cc4cc(Nc5ccccc5)ccc4c3O)cc2OC)cc1C. The Morgan fingerprint density at radius 1 is 0.431 bits per heavy atom. The lowest BCUT2D eigenvalue weighted by molar-refractivity contribution is 0.404. The summed E-state index contributed by atoms with van der Waals surface area (Å²) in [6.45, 7) is 3.39. The molecular weight excluding hydrogens is 999 g/mol. The summed E-state index contributed by atoms with van der Waals surface area (Å²) < 4.78 is 124. The van der Waals surface area contributed by atoms with Crippen LogP contribution in [-0.2, 0) is 30.4 Å². The highest BCUT2D eigenvalue weighted by molar-refractivity contribution is 7.87. The summed E-state index contributed by atoms with van der Waals surface area (Å²) in [5.41, 5.74) is 2.79. The highest BCUT2D eigenvalue weighted by Gasteiger charge is 2.24. The Kier molecular flexibility index (Phi) is 15.0. The molecule has 0 heterocycles. The van der Waals surface area contributed by atoms with Gasteiger partial charge in [-0.1, -0.05) is 18.2 Å². The molecule has 0 amide bonds. The maximum atomic E-state index is 12.6. The van der Waals surface area contributed by atoms with Crippen molar-refractivity contribution in [3.63, 3.8) is 0 Å². The van der Waals surface area contributed by atoms with Gasteiger partial charge >= 0.3 is 0 Å². The quantitative estimate of drug-likeness (QED) is 0.0418. The number of phenols is 1. The van der Waals surface area contributed by atoms with E-state index in [2.05, 4.69) is 46.2 Å². The van der Waals surface area contributed by atoms with Crippen molar-refractivity contribution in [1.82, 2.24) is 0 Å². The number of fused-ring (bicyclic) bond motifs is 1. The first-order valence-electron chi connectivity index (χ1n) is 20.6. The molecular formula is C46H41N9O14S3. The molecule has 0 fully saturated rings. The molecule has 72 heavy (non-hydrogen) atoms. The van der Waals surface area contributed by atoms with E-state index < -0.39 is 62.2 Å². The molecule has 5 N–H and O–H groups in total. The van der Waals surface area contributed by atoms with E-state index >= 15 is 0 Å². The fraction of sp³-hybridized carbons (Fsp3) is 0.130. The number of methoxy groups -OCH3 is 4. The first-order chi connectivity index (χ1) is 34.1. The van der Waals surface area contributed by atoms with Gasteiger partial charge in [0.05, 0.1) is 44.7 Å². The number of aryl methyl sites for hydroxylation is 2. The van der Waals surface area contributed by atoms with Crippen molar-refractivity contribution in [3.8, 4) is 28.7 Å². The minimum Gasteiger partial charge on any atom is -0.505 e. The van der Waals surface area contributed by atoms with E-state index in [1.54, 1.807) is 50.2 Å². The van der Waals surface area contributed by atoms with Crippen LogP contribution in [0.15, 0.2) is 165 Å². The molecule has 0 aliphatic heterocycles. The molecule has 7 aromatic carbocycles. The number of benzene rings is 7. The van der Waals surface area contributed by atoms with Gasteiger partial charge in [0, 0.05) is 41.0 Å². The number of aromatic hydroxyl groups is 1. The third-order valence-electron chi connectivity index (χ3n) is 10.4. The predicted octanol–water partition coefficient (Wildman–Crippen LogP) is 12.3. The van der Waals surface area contributed by atoms with Crippen LogP contribution in [-0.4, -0.2) is 72.5 Å². The number of hydrogen-bond donors (Lipinski definition) is 5. The summed E-state index contributed by atoms with van der Waals surface area (Å²) in [5, 5.41) is 48.7. The van der Waals surface area contributed by atoms with Crippen LogP contribution in [0, 0.1) is 13.8 Å². The number of ether oxygens (including phenoxy) is 4. The van der Waals surface area contributed by atoms with Crippen molar-refractivity contribution in [2.45, 2.75) is 28.5 Å². The van der Waals surface area contributed by atoms with Crippen molar-refractivity contribution < 1.29 is 63.0 Å². The number of azo groups is 4. The fourth-order valence-electron chi connectivity index (χ4n) is 6.83. The lowest BCUT2D eigenvalue weighted by atomic mass is 10.1. The van der Waals surface area contributed by atoms with Gasteiger partial charge in [-0.25, -0.2) is 0 Å². The van der Waals surface area contributed by atoms with E-state index in [1.165, 1.54) is 52.7 Å². The van der Waals surface area contributed by atoms with E-state index in [4.69, 9.17) is 18.9 Å². The largest absolute Gasteiger partial charge is 0.505 e. The van der Waals surface area contributed by atoms with E-state index in [9.17, 15) is 44.0 Å². The Hall–Kier alpha value is -8.27. The predicted molar refractivity (Wildman–Crippen MR) is 263 cm³/mol. The molecule has 0 aromatic heterocycles. The van der Waals surface area contributed by atoms with Crippen LogP contribution in [0.25, 0.3) is 10.8 Å². The average molecular weight is 1040 g/mol. The molecule has 0 radical (unpaired) electrons. The standard InChI is InChI=1S/C46H41N9O14S3/c1-25-16-35(39(66-3)21-33(25)49-48-32-15-13-30(70(57,58)59)20-43(32)71(60,61)62)51-50-34-22-40(67-4)36(17-26(34)2)52-53-37-23-42(69-6)38(24-41(37)68-5)54-55-45-44(72(63,64)65)19-27-18-29(12-14-31(27)46(45)56)47-28-10-8-7-9-11-28/h7-24,47,56H,1-6H3,(H,57,58,59)(H,60,61,62)(H,63,64,65). The summed E-state index contributed by atoms with van der Waals surface area (Å²) in [4.78, 5) is -2.38. The van der Waals surface area contributed by atoms with Gasteiger partial charge in [0.25, 0.3) is 30.4 Å². The zero-order chi connectivity index (χ0) is 52.1. The van der Waals surface area contributed by atoms with Crippen LogP contribution < -0.4 is 24.3 Å². The smallest absolute Gasteiger partial charge is 0.296 e. The van der Waals surface area contributed by atoms with Gasteiger partial charge in [-0.3, -0.25) is 13.7 Å². The van der Waals surface area contributed by atoms with E-state index in [0.29, 0.717) is 34.0 Å². The maximum Gasteiger partial charge on any atom is 0.296 e. The molecule has 0 spiro atoms. The Labute approximate surface area is 411 Å². The van der Waals surface area contributed by atoms with Crippen LogP contribution in [0.3, 0.4) is 0 Å². The van der Waals surface area contributed by atoms with Crippen LogP contribution >= 0.6 is 0 Å². The van der Waals surface area contributed by atoms with Crippen molar-refractivity contribution in [1.29, 1.82) is 0 Å². The van der Waals surface area contributed by atoms with E-state index in [-0.39, 0.29) is 56.8 Å². The van der Waals surface area contributed by atoms with Crippen molar-refractivity contribution in [3.05, 3.63) is 120 Å². The Bertz CT molecular complexity index is 3740. The topological polar surface area (TPSA) is 331 Å². The molecule has 7 rings (SSSR count). The number of para-hydroxylation sites is 1. The molecule has 23 nitrogen and oxygen atoms in total. The van der Waals surface area contributed by atoms with Crippen molar-refractivity contribution in [2.24, 2.45) is 40.9 Å². The summed E-state index contributed by atoms with van der Waals surface area (Å²) in [7, 11) is -9.22. The number of nitrogens with zero attached hydrogens (tertiary/aromatic N) is 8. The van der Waals surface area contributed by atoms with Crippen LogP contribution in [0.2, 0.25) is 0 Å². The molecule has 372 valence electrons. The zero-order valence-electron chi connectivity index (χ0n) is 38.6. The first kappa shape index (κ1) is 51.6. The second kappa shape index (κ2) is 21.0. The zero-order valence-corrected chi connectivity index (χ0v) is 41.0. The lowest BCUT2D eigenvalue weighted by Gasteiger charge is -2.12. The second-order valence-electron chi connectivity index (χ2n) is 15.2. The molecule has 0 aliphatic carbocycles. The van der Waals surface area contributed by atoms with Gasteiger partial charge in [0.15, 0.2) is 5.75 Å². The molecule has 0 unspecified atom stereocenters. The third-order valence-corrected chi connectivity index (χ3v) is 13.0. The van der Waals surface area contributed by atoms with E-state index in [0.717, 1.165) is 17.8 Å². The molecule has 0 saturated heterocycles. The highest BCUT2D eigenvalue weighted by Crippen LogP contribution is 2.46. The minimum atomic E-state index is -4.99. The molecule has 0 aliphatic rings. The minimum absolute atomic E-state index is 0.0334. The number of phenolic OH excluding ortho intramolecular Hbond substituents is 1. The molecule has 0 saturated carbocycles. The number of rotatable bonds is 17. The Morgan fingerprint density at radius 3 is 1.35 bits per heavy atom. The van der Waals surface area contributed by atoms with Gasteiger partial charge in [-0.15, -0.1) is 30.7 Å². The molecule has 0 bridgehead atoms. The van der Waals surface area contributed by atoms with Crippen molar-refractivity contribution in [2.75, 3.05) is 33.8 Å². The summed E-state index contributed by atoms with van der Waals surface area (Å²) in [6.07, 6.45) is 0. The normalized spacial score (nSPS) is 12.4. The molecule has 26 heteroatoms. The van der Waals surface area contributed by atoms with Crippen LogP contribution in [0.1, 0.15) is 11.1 Å². The van der Waals surface area contributed by atoms with Crippen molar-refractivity contribution >= 4 is 98.0 Å². The van der Waals surface area contributed by atoms with Gasteiger partial charge < -0.3 is 29.4 Å².